The maximum Gasteiger partial charge on any atom is 0.417 e. The highest BCUT2D eigenvalue weighted by atomic mass is 16.6. The standard InChI is InChI=1S/C13H26N4O3/c1-5-16-10(18)8-6-7-9-17(11(14)15)12(19)20-13(2,3)4/h5-9H2,1-4H3,(H3,14,15)(H,16,18). The first-order chi connectivity index (χ1) is 9.17. The Hall–Kier alpha value is -1.79. The second kappa shape index (κ2) is 8.39. The van der Waals surface area contributed by atoms with Crippen molar-refractivity contribution in [2.45, 2.75) is 52.6 Å². The van der Waals surface area contributed by atoms with Crippen molar-refractivity contribution in [1.29, 1.82) is 5.41 Å². The summed E-state index contributed by atoms with van der Waals surface area (Å²) in [4.78, 5) is 24.2. The third kappa shape index (κ3) is 8.34. The molecule has 116 valence electrons. The summed E-state index contributed by atoms with van der Waals surface area (Å²) in [7, 11) is 0. The first-order valence-corrected chi connectivity index (χ1v) is 6.78. The highest BCUT2D eigenvalue weighted by molar-refractivity contribution is 5.91. The van der Waals surface area contributed by atoms with E-state index in [2.05, 4.69) is 5.32 Å². The van der Waals surface area contributed by atoms with Gasteiger partial charge in [0.1, 0.15) is 5.60 Å². The number of rotatable bonds is 6. The molecule has 0 fully saturated rings. The number of nitrogens with zero attached hydrogens (tertiary/aromatic N) is 1. The second-order valence-electron chi connectivity index (χ2n) is 5.43. The fourth-order valence-corrected chi connectivity index (χ4v) is 1.47. The Labute approximate surface area is 120 Å². The molecule has 0 aromatic carbocycles. The lowest BCUT2D eigenvalue weighted by Crippen LogP contribution is -2.44. The predicted molar refractivity (Wildman–Crippen MR) is 77.4 cm³/mol. The Kier molecular flexibility index (Phi) is 7.64. The number of carbonyl (C=O) groups is 2. The molecule has 20 heavy (non-hydrogen) atoms. The van der Waals surface area contributed by atoms with Crippen LogP contribution in [0.3, 0.4) is 0 Å². The molecule has 0 aromatic heterocycles. The summed E-state index contributed by atoms with van der Waals surface area (Å²) >= 11 is 0. The lowest BCUT2D eigenvalue weighted by Gasteiger charge is -2.26. The summed E-state index contributed by atoms with van der Waals surface area (Å²) < 4.78 is 5.16. The van der Waals surface area contributed by atoms with Gasteiger partial charge in [-0.15, -0.1) is 0 Å². The summed E-state index contributed by atoms with van der Waals surface area (Å²) in [5.41, 5.74) is 4.74. The van der Waals surface area contributed by atoms with Gasteiger partial charge < -0.3 is 15.8 Å². The molecule has 0 heterocycles. The molecule has 4 N–H and O–H groups in total. The summed E-state index contributed by atoms with van der Waals surface area (Å²) in [5, 5.41) is 10.1. The minimum atomic E-state index is -0.636. The van der Waals surface area contributed by atoms with Crippen LogP contribution < -0.4 is 11.1 Å². The number of unbranched alkanes of at least 4 members (excludes halogenated alkanes) is 1. The summed E-state index contributed by atoms with van der Waals surface area (Å²) in [6.07, 6.45) is 0.963. The largest absolute Gasteiger partial charge is 0.443 e. The molecule has 0 spiro atoms. The van der Waals surface area contributed by atoms with Gasteiger partial charge in [-0.05, 0) is 40.5 Å². The van der Waals surface area contributed by atoms with Gasteiger partial charge in [0.15, 0.2) is 5.96 Å². The number of guanidine groups is 1. The molecule has 0 saturated carbocycles. The van der Waals surface area contributed by atoms with Crippen molar-refractivity contribution in [2.24, 2.45) is 5.73 Å². The molecule has 0 radical (unpaired) electrons. The van der Waals surface area contributed by atoms with Crippen LogP contribution in [0.1, 0.15) is 47.0 Å². The van der Waals surface area contributed by atoms with Crippen molar-refractivity contribution in [3.8, 4) is 0 Å². The maximum absolute atomic E-state index is 11.8. The van der Waals surface area contributed by atoms with Gasteiger partial charge >= 0.3 is 6.09 Å². The van der Waals surface area contributed by atoms with E-state index < -0.39 is 11.7 Å². The van der Waals surface area contributed by atoms with E-state index >= 15 is 0 Å². The topological polar surface area (TPSA) is 109 Å². The van der Waals surface area contributed by atoms with E-state index in [0.717, 1.165) is 4.90 Å². The molecular formula is C13H26N4O3. The highest BCUT2D eigenvalue weighted by Crippen LogP contribution is 2.10. The quantitative estimate of drug-likeness (QED) is 0.390. The summed E-state index contributed by atoms with van der Waals surface area (Å²) in [6, 6.07) is 0. The van der Waals surface area contributed by atoms with E-state index in [1.165, 1.54) is 0 Å². The van der Waals surface area contributed by atoms with Gasteiger partial charge in [0, 0.05) is 19.5 Å². The lowest BCUT2D eigenvalue weighted by molar-refractivity contribution is -0.121. The van der Waals surface area contributed by atoms with Gasteiger partial charge in [0.05, 0.1) is 0 Å². The highest BCUT2D eigenvalue weighted by Gasteiger charge is 2.23. The van der Waals surface area contributed by atoms with Crippen molar-refractivity contribution in [3.05, 3.63) is 0 Å². The molecule has 0 aliphatic heterocycles. The predicted octanol–water partition coefficient (Wildman–Crippen LogP) is 1.42. The van der Waals surface area contributed by atoms with Gasteiger partial charge in [-0.3, -0.25) is 10.2 Å². The Morgan fingerprint density at radius 1 is 1.30 bits per heavy atom. The van der Waals surface area contributed by atoms with Crippen molar-refractivity contribution in [1.82, 2.24) is 10.2 Å². The average Bonchev–Trinajstić information content (AvgIpc) is 2.25. The number of nitrogens with one attached hydrogen (secondary N) is 2. The van der Waals surface area contributed by atoms with Gasteiger partial charge in [0.25, 0.3) is 0 Å². The van der Waals surface area contributed by atoms with Gasteiger partial charge in [-0.1, -0.05) is 0 Å². The van der Waals surface area contributed by atoms with Crippen molar-refractivity contribution in [3.63, 3.8) is 0 Å². The number of hydrogen-bond donors (Lipinski definition) is 3. The van der Waals surface area contributed by atoms with Crippen LogP contribution >= 0.6 is 0 Å². The second-order valence-corrected chi connectivity index (χ2v) is 5.43. The molecule has 0 rings (SSSR count). The number of hydrogen-bond acceptors (Lipinski definition) is 4. The first-order valence-electron chi connectivity index (χ1n) is 6.78. The van der Waals surface area contributed by atoms with E-state index in [1.54, 1.807) is 20.8 Å². The molecule has 0 unspecified atom stereocenters. The Morgan fingerprint density at radius 3 is 2.35 bits per heavy atom. The number of nitrogens with two attached hydrogens (primary N) is 1. The zero-order chi connectivity index (χ0) is 15.8. The smallest absolute Gasteiger partial charge is 0.417 e. The molecule has 2 amide bonds. The fourth-order valence-electron chi connectivity index (χ4n) is 1.47. The minimum Gasteiger partial charge on any atom is -0.443 e. The molecule has 0 bridgehead atoms. The Bertz CT molecular complexity index is 350. The monoisotopic (exact) mass is 286 g/mol. The molecular weight excluding hydrogens is 260 g/mol. The molecule has 0 aromatic rings. The van der Waals surface area contributed by atoms with E-state index in [1.807, 2.05) is 6.92 Å². The third-order valence-corrected chi connectivity index (χ3v) is 2.31. The van der Waals surface area contributed by atoms with Gasteiger partial charge in [0.2, 0.25) is 5.91 Å². The van der Waals surface area contributed by atoms with Crippen LogP contribution in [0, 0.1) is 5.41 Å². The molecule has 0 atom stereocenters. The van der Waals surface area contributed by atoms with Crippen LogP contribution in [0.5, 0.6) is 0 Å². The lowest BCUT2D eigenvalue weighted by atomic mass is 10.2. The SMILES string of the molecule is CCNC(=O)CCCCN(C(=N)N)C(=O)OC(C)(C)C. The third-order valence-electron chi connectivity index (χ3n) is 2.31. The van der Waals surface area contributed by atoms with Crippen LogP contribution in [0.15, 0.2) is 0 Å². The van der Waals surface area contributed by atoms with Crippen molar-refractivity contribution in [2.75, 3.05) is 13.1 Å². The Balaban J connectivity index is 4.20. The van der Waals surface area contributed by atoms with Crippen molar-refractivity contribution < 1.29 is 14.3 Å². The zero-order valence-corrected chi connectivity index (χ0v) is 12.8. The number of ether oxygens (including phenoxy) is 1. The van der Waals surface area contributed by atoms with Crippen molar-refractivity contribution >= 4 is 18.0 Å². The maximum atomic E-state index is 11.8. The van der Waals surface area contributed by atoms with Crippen LogP contribution in [-0.2, 0) is 9.53 Å². The summed E-state index contributed by atoms with van der Waals surface area (Å²) in [6.45, 7) is 7.98. The van der Waals surface area contributed by atoms with Crippen LogP contribution in [-0.4, -0.2) is 41.6 Å². The normalized spacial score (nSPS) is 10.8. The van der Waals surface area contributed by atoms with E-state index in [4.69, 9.17) is 15.9 Å². The Morgan fingerprint density at radius 2 is 1.90 bits per heavy atom. The molecule has 0 saturated heterocycles. The molecule has 0 aliphatic carbocycles. The molecule has 7 nitrogen and oxygen atoms in total. The van der Waals surface area contributed by atoms with E-state index in [9.17, 15) is 9.59 Å². The van der Waals surface area contributed by atoms with E-state index in [0.29, 0.717) is 25.8 Å². The average molecular weight is 286 g/mol. The summed E-state index contributed by atoms with van der Waals surface area (Å²) in [5.74, 6) is -0.364. The zero-order valence-electron chi connectivity index (χ0n) is 12.8. The first kappa shape index (κ1) is 18.2. The molecule has 7 heteroatoms. The number of carbonyl (C=O) groups excluding carboxylic acids is 2. The van der Waals surface area contributed by atoms with E-state index in [-0.39, 0.29) is 18.4 Å². The van der Waals surface area contributed by atoms with Gasteiger partial charge in [-0.25, -0.2) is 9.69 Å². The molecule has 0 aliphatic rings. The van der Waals surface area contributed by atoms with Gasteiger partial charge in [-0.2, -0.15) is 0 Å². The fraction of sp³-hybridized carbons (Fsp3) is 0.769. The van der Waals surface area contributed by atoms with Crippen LogP contribution in [0.4, 0.5) is 4.79 Å². The van der Waals surface area contributed by atoms with Crippen LogP contribution in [0.2, 0.25) is 0 Å². The minimum absolute atomic E-state index is 0.0147. The van der Waals surface area contributed by atoms with Crippen LogP contribution in [0.25, 0.3) is 0 Å². The number of amides is 2.